The Morgan fingerprint density at radius 1 is 1.58 bits per heavy atom. The number of methoxy groups -OCH3 is 1. The van der Waals surface area contributed by atoms with Crippen molar-refractivity contribution < 1.29 is 9.53 Å². The molecule has 1 fully saturated rings. The Kier molecular flexibility index (Phi) is 4.99. The topological polar surface area (TPSA) is 55.3 Å². The van der Waals surface area contributed by atoms with E-state index in [4.69, 9.17) is 4.74 Å². The lowest BCUT2D eigenvalue weighted by Gasteiger charge is -2.26. The summed E-state index contributed by atoms with van der Waals surface area (Å²) >= 11 is 0. The Morgan fingerprint density at radius 2 is 2.32 bits per heavy atom. The van der Waals surface area contributed by atoms with Crippen molar-refractivity contribution >= 4 is 5.91 Å². The Labute approximate surface area is 114 Å². The number of hydrogen-bond acceptors (Lipinski definition) is 3. The zero-order chi connectivity index (χ0) is 13.7. The zero-order valence-electron chi connectivity index (χ0n) is 11.7. The van der Waals surface area contributed by atoms with Crippen LogP contribution in [0.2, 0.25) is 0 Å². The fourth-order valence-electron chi connectivity index (χ4n) is 2.58. The van der Waals surface area contributed by atoms with Crippen LogP contribution < -0.4 is 10.6 Å². The monoisotopic (exact) mass is 265 g/mol. The highest BCUT2D eigenvalue weighted by atomic mass is 16.5. The van der Waals surface area contributed by atoms with Crippen LogP contribution in [0.15, 0.2) is 18.3 Å². The van der Waals surface area contributed by atoms with Gasteiger partial charge < -0.3 is 19.9 Å². The molecule has 1 aromatic rings. The summed E-state index contributed by atoms with van der Waals surface area (Å²) in [6, 6.07) is 4.28. The van der Waals surface area contributed by atoms with Crippen LogP contribution in [0.4, 0.5) is 0 Å². The van der Waals surface area contributed by atoms with E-state index in [-0.39, 0.29) is 11.9 Å². The van der Waals surface area contributed by atoms with Crippen molar-refractivity contribution in [3.05, 3.63) is 24.0 Å². The van der Waals surface area contributed by atoms with Crippen molar-refractivity contribution in [2.45, 2.75) is 31.8 Å². The molecule has 0 spiro atoms. The van der Waals surface area contributed by atoms with Gasteiger partial charge in [-0.05, 0) is 45.0 Å². The molecule has 106 valence electrons. The molecule has 1 aliphatic heterocycles. The maximum atomic E-state index is 12.3. The number of ether oxygens (including phenoxy) is 1. The third kappa shape index (κ3) is 3.58. The molecule has 1 aromatic heterocycles. The minimum atomic E-state index is -0.0203. The van der Waals surface area contributed by atoms with Gasteiger partial charge in [-0.25, -0.2) is 0 Å². The van der Waals surface area contributed by atoms with Crippen LogP contribution in [0.5, 0.6) is 0 Å². The number of piperidine rings is 1. The second kappa shape index (κ2) is 6.73. The first-order valence-corrected chi connectivity index (χ1v) is 6.89. The highest BCUT2D eigenvalue weighted by molar-refractivity contribution is 5.93. The average molecular weight is 265 g/mol. The third-order valence-corrected chi connectivity index (χ3v) is 3.51. The van der Waals surface area contributed by atoms with Gasteiger partial charge in [-0.2, -0.15) is 0 Å². The van der Waals surface area contributed by atoms with E-state index < -0.39 is 0 Å². The number of rotatable bonds is 5. The maximum Gasteiger partial charge on any atom is 0.268 e. The Morgan fingerprint density at radius 3 is 3.00 bits per heavy atom. The standard InChI is InChI=1S/C14H23N3O2/c1-11(10-19-2)16-14(18)13-4-3-9-17(13)12-5-7-15-8-6-12/h3-4,9,11-12,15H,5-8,10H2,1-2H3,(H,16,18). The molecule has 1 atom stereocenters. The molecule has 1 amide bonds. The van der Waals surface area contributed by atoms with E-state index >= 15 is 0 Å². The molecule has 5 heteroatoms. The van der Waals surface area contributed by atoms with Crippen LogP contribution in [0.1, 0.15) is 36.3 Å². The van der Waals surface area contributed by atoms with Gasteiger partial charge in [0.25, 0.3) is 5.91 Å². The largest absolute Gasteiger partial charge is 0.383 e. The zero-order valence-corrected chi connectivity index (χ0v) is 11.7. The van der Waals surface area contributed by atoms with Gasteiger partial charge in [0.1, 0.15) is 5.69 Å². The lowest BCUT2D eigenvalue weighted by Crippen LogP contribution is -2.37. The van der Waals surface area contributed by atoms with E-state index in [1.165, 1.54) is 0 Å². The Bertz CT molecular complexity index is 411. The smallest absolute Gasteiger partial charge is 0.268 e. The lowest BCUT2D eigenvalue weighted by molar-refractivity contribution is 0.0893. The summed E-state index contributed by atoms with van der Waals surface area (Å²) in [5.74, 6) is -0.0203. The summed E-state index contributed by atoms with van der Waals surface area (Å²) < 4.78 is 7.15. The molecule has 0 bridgehead atoms. The fourth-order valence-corrected chi connectivity index (χ4v) is 2.58. The molecule has 0 radical (unpaired) electrons. The number of amides is 1. The summed E-state index contributed by atoms with van der Waals surface area (Å²) in [4.78, 5) is 12.3. The van der Waals surface area contributed by atoms with Crippen molar-refractivity contribution in [3.63, 3.8) is 0 Å². The van der Waals surface area contributed by atoms with Gasteiger partial charge in [-0.15, -0.1) is 0 Å². The van der Waals surface area contributed by atoms with E-state index in [2.05, 4.69) is 15.2 Å². The molecule has 1 unspecified atom stereocenters. The van der Waals surface area contributed by atoms with Crippen molar-refractivity contribution in [2.24, 2.45) is 0 Å². The molecule has 2 N–H and O–H groups in total. The van der Waals surface area contributed by atoms with Gasteiger partial charge in [0.2, 0.25) is 0 Å². The van der Waals surface area contributed by atoms with E-state index in [9.17, 15) is 4.79 Å². The summed E-state index contributed by atoms with van der Waals surface area (Å²) in [6.07, 6.45) is 4.15. The quantitative estimate of drug-likeness (QED) is 0.840. The molecule has 1 saturated heterocycles. The van der Waals surface area contributed by atoms with Crippen LogP contribution in [0, 0.1) is 0 Å². The fraction of sp³-hybridized carbons (Fsp3) is 0.643. The first kappa shape index (κ1) is 14.1. The third-order valence-electron chi connectivity index (χ3n) is 3.51. The average Bonchev–Trinajstić information content (AvgIpc) is 2.89. The highest BCUT2D eigenvalue weighted by Gasteiger charge is 2.20. The number of hydrogen-bond donors (Lipinski definition) is 2. The Hall–Kier alpha value is -1.33. The molecular weight excluding hydrogens is 242 g/mol. The number of nitrogens with one attached hydrogen (secondary N) is 2. The van der Waals surface area contributed by atoms with E-state index in [0.717, 1.165) is 31.6 Å². The number of aromatic nitrogens is 1. The molecule has 0 aromatic carbocycles. The second-order valence-electron chi connectivity index (χ2n) is 5.11. The molecule has 0 saturated carbocycles. The Balaban J connectivity index is 2.03. The van der Waals surface area contributed by atoms with Crippen LogP contribution in [-0.4, -0.2) is 43.3 Å². The van der Waals surface area contributed by atoms with Gasteiger partial charge in [0, 0.05) is 25.4 Å². The molecule has 2 rings (SSSR count). The van der Waals surface area contributed by atoms with E-state index in [1.807, 2.05) is 25.3 Å². The number of carbonyl (C=O) groups excluding carboxylic acids is 1. The molecule has 0 aliphatic carbocycles. The predicted octanol–water partition coefficient (Wildman–Crippen LogP) is 1.18. The van der Waals surface area contributed by atoms with Crippen LogP contribution in [-0.2, 0) is 4.74 Å². The number of nitrogens with zero attached hydrogens (tertiary/aromatic N) is 1. The summed E-state index contributed by atoms with van der Waals surface area (Å²) in [5, 5.41) is 6.31. The van der Waals surface area contributed by atoms with Crippen molar-refractivity contribution in [1.29, 1.82) is 0 Å². The van der Waals surface area contributed by atoms with Gasteiger partial charge in [-0.1, -0.05) is 0 Å². The van der Waals surface area contributed by atoms with E-state index in [0.29, 0.717) is 12.6 Å². The van der Waals surface area contributed by atoms with Gasteiger partial charge in [-0.3, -0.25) is 4.79 Å². The molecule has 19 heavy (non-hydrogen) atoms. The molecule has 2 heterocycles. The SMILES string of the molecule is COCC(C)NC(=O)c1cccn1C1CCNCC1. The van der Waals surface area contributed by atoms with Crippen LogP contribution in [0.25, 0.3) is 0 Å². The second-order valence-corrected chi connectivity index (χ2v) is 5.11. The van der Waals surface area contributed by atoms with Crippen molar-refractivity contribution in [2.75, 3.05) is 26.8 Å². The lowest BCUT2D eigenvalue weighted by atomic mass is 10.1. The van der Waals surface area contributed by atoms with Gasteiger partial charge >= 0.3 is 0 Å². The maximum absolute atomic E-state index is 12.3. The van der Waals surface area contributed by atoms with Gasteiger partial charge in [0.15, 0.2) is 0 Å². The number of carbonyl (C=O) groups is 1. The minimum Gasteiger partial charge on any atom is -0.383 e. The highest BCUT2D eigenvalue weighted by Crippen LogP contribution is 2.21. The molecular formula is C14H23N3O2. The van der Waals surface area contributed by atoms with Crippen LogP contribution >= 0.6 is 0 Å². The van der Waals surface area contributed by atoms with Crippen molar-refractivity contribution in [1.82, 2.24) is 15.2 Å². The summed E-state index contributed by atoms with van der Waals surface area (Å²) in [6.45, 7) is 4.51. The minimum absolute atomic E-state index is 0.0203. The molecule has 5 nitrogen and oxygen atoms in total. The summed E-state index contributed by atoms with van der Waals surface area (Å²) in [7, 11) is 1.64. The predicted molar refractivity (Wildman–Crippen MR) is 74.4 cm³/mol. The van der Waals surface area contributed by atoms with Gasteiger partial charge in [0.05, 0.1) is 6.61 Å². The first-order chi connectivity index (χ1) is 9.22. The first-order valence-electron chi connectivity index (χ1n) is 6.89. The molecule has 1 aliphatic rings. The van der Waals surface area contributed by atoms with E-state index in [1.54, 1.807) is 7.11 Å². The van der Waals surface area contributed by atoms with Crippen LogP contribution in [0.3, 0.4) is 0 Å². The van der Waals surface area contributed by atoms with Crippen molar-refractivity contribution in [3.8, 4) is 0 Å². The normalized spacial score (nSPS) is 18.2. The summed E-state index contributed by atoms with van der Waals surface area (Å²) in [5.41, 5.74) is 0.745.